The molecule has 0 heterocycles. The number of amides is 1. The van der Waals surface area contributed by atoms with Crippen LogP contribution in [0.2, 0.25) is 0 Å². The third-order valence-electron chi connectivity index (χ3n) is 2.33. The van der Waals surface area contributed by atoms with Crippen LogP contribution in [0.25, 0.3) is 0 Å². The Morgan fingerprint density at radius 1 is 1.06 bits per heavy atom. The predicted octanol–water partition coefficient (Wildman–Crippen LogP) is 1.45. The second-order valence-electron chi connectivity index (χ2n) is 3.61. The Morgan fingerprint density at radius 2 is 1.50 bits per heavy atom. The Bertz CT molecular complexity index is 329. The van der Waals surface area contributed by atoms with E-state index < -0.39 is 0 Å². The number of aryl methyl sites for hydroxylation is 1. The molecule has 0 aromatic heterocycles. The van der Waals surface area contributed by atoms with Gasteiger partial charge in [0.05, 0.1) is 13.2 Å². The van der Waals surface area contributed by atoms with Crippen LogP contribution < -0.4 is 0 Å². The van der Waals surface area contributed by atoms with E-state index in [-0.39, 0.29) is 32.2 Å². The smallest absolute Gasteiger partial charge is 0.254 e. The monoisotopic (exact) mass is 253 g/mol. The Balaban J connectivity index is 0.00000137. The normalized spacial score (nSPS) is 9.39. The first-order valence-electron chi connectivity index (χ1n) is 6.26. The molecule has 1 rings (SSSR count). The van der Waals surface area contributed by atoms with Crippen molar-refractivity contribution in [2.45, 2.75) is 20.8 Å². The molecule has 0 atom stereocenters. The summed E-state index contributed by atoms with van der Waals surface area (Å²) in [6, 6.07) is 7.23. The van der Waals surface area contributed by atoms with E-state index in [1.807, 2.05) is 32.9 Å². The van der Waals surface area contributed by atoms with Crippen molar-refractivity contribution >= 4 is 5.91 Å². The molecule has 0 aliphatic carbocycles. The Morgan fingerprint density at radius 3 is 1.89 bits per heavy atom. The molecule has 0 aliphatic rings. The van der Waals surface area contributed by atoms with E-state index in [0.29, 0.717) is 5.56 Å². The van der Waals surface area contributed by atoms with Gasteiger partial charge in [-0.3, -0.25) is 4.79 Å². The lowest BCUT2D eigenvalue weighted by atomic mass is 10.1. The van der Waals surface area contributed by atoms with Crippen LogP contribution in [-0.4, -0.2) is 47.3 Å². The fraction of sp³-hybridized carbons (Fsp3) is 0.500. The molecule has 0 aliphatic heterocycles. The first-order valence-corrected chi connectivity index (χ1v) is 6.26. The average Bonchev–Trinajstić information content (AvgIpc) is 2.41. The van der Waals surface area contributed by atoms with Crippen molar-refractivity contribution in [1.82, 2.24) is 4.90 Å². The van der Waals surface area contributed by atoms with Gasteiger partial charge >= 0.3 is 0 Å². The van der Waals surface area contributed by atoms with Crippen LogP contribution in [0.4, 0.5) is 0 Å². The summed E-state index contributed by atoms with van der Waals surface area (Å²) in [6.45, 7) is 6.24. The number of aliphatic hydroxyl groups is 2. The van der Waals surface area contributed by atoms with Crippen molar-refractivity contribution in [3.63, 3.8) is 0 Å². The molecule has 0 saturated carbocycles. The number of benzene rings is 1. The Kier molecular flexibility index (Phi) is 8.88. The highest BCUT2D eigenvalue weighted by molar-refractivity contribution is 5.94. The van der Waals surface area contributed by atoms with Gasteiger partial charge < -0.3 is 15.1 Å². The molecule has 1 amide bonds. The van der Waals surface area contributed by atoms with Crippen LogP contribution in [0, 0.1) is 6.92 Å². The molecule has 0 unspecified atom stereocenters. The van der Waals surface area contributed by atoms with Gasteiger partial charge in [-0.25, -0.2) is 0 Å². The summed E-state index contributed by atoms with van der Waals surface area (Å²) in [5.41, 5.74) is 1.67. The summed E-state index contributed by atoms with van der Waals surface area (Å²) in [4.78, 5) is 13.4. The van der Waals surface area contributed by atoms with Crippen molar-refractivity contribution in [2.75, 3.05) is 26.3 Å². The predicted molar refractivity (Wildman–Crippen MR) is 72.6 cm³/mol. The van der Waals surface area contributed by atoms with Gasteiger partial charge in [0.2, 0.25) is 0 Å². The zero-order valence-corrected chi connectivity index (χ0v) is 11.4. The SMILES string of the molecule is CC.Cc1ccc(C(=O)N(CCO)CCO)cc1. The van der Waals surface area contributed by atoms with Crippen LogP contribution in [0.3, 0.4) is 0 Å². The number of aliphatic hydroxyl groups excluding tert-OH is 2. The van der Waals surface area contributed by atoms with Gasteiger partial charge in [-0.05, 0) is 19.1 Å². The summed E-state index contributed by atoms with van der Waals surface area (Å²) in [5.74, 6) is -0.164. The minimum atomic E-state index is -0.164. The highest BCUT2D eigenvalue weighted by atomic mass is 16.3. The number of hydrogen-bond donors (Lipinski definition) is 2. The van der Waals surface area contributed by atoms with Crippen molar-refractivity contribution in [3.05, 3.63) is 35.4 Å². The molecular weight excluding hydrogens is 230 g/mol. The van der Waals surface area contributed by atoms with Gasteiger partial charge in [0.15, 0.2) is 0 Å². The van der Waals surface area contributed by atoms with E-state index in [9.17, 15) is 4.79 Å². The highest BCUT2D eigenvalue weighted by Gasteiger charge is 2.14. The fourth-order valence-corrected chi connectivity index (χ4v) is 1.44. The van der Waals surface area contributed by atoms with Gasteiger partial charge in [0, 0.05) is 18.7 Å². The van der Waals surface area contributed by atoms with Crippen LogP contribution in [0.5, 0.6) is 0 Å². The first-order chi connectivity index (χ1) is 8.69. The molecule has 18 heavy (non-hydrogen) atoms. The minimum Gasteiger partial charge on any atom is -0.395 e. The number of rotatable bonds is 5. The second-order valence-corrected chi connectivity index (χ2v) is 3.61. The second kappa shape index (κ2) is 9.62. The van der Waals surface area contributed by atoms with E-state index >= 15 is 0 Å². The molecule has 0 saturated heterocycles. The average molecular weight is 253 g/mol. The lowest BCUT2D eigenvalue weighted by Gasteiger charge is -2.20. The molecule has 0 radical (unpaired) electrons. The molecule has 102 valence electrons. The summed E-state index contributed by atoms with van der Waals surface area (Å²) >= 11 is 0. The number of carbonyl (C=O) groups is 1. The zero-order valence-electron chi connectivity index (χ0n) is 11.4. The maximum atomic E-state index is 11.9. The number of hydrogen-bond acceptors (Lipinski definition) is 3. The van der Waals surface area contributed by atoms with Gasteiger partial charge in [0.25, 0.3) is 5.91 Å². The standard InChI is InChI=1S/C12H17NO3.C2H6/c1-10-2-4-11(5-3-10)12(16)13(6-8-14)7-9-15;1-2/h2-5,14-15H,6-9H2,1H3;1-2H3. The number of carbonyl (C=O) groups excluding carboxylic acids is 1. The van der Waals surface area contributed by atoms with E-state index in [4.69, 9.17) is 10.2 Å². The van der Waals surface area contributed by atoms with Gasteiger partial charge in [-0.2, -0.15) is 0 Å². The van der Waals surface area contributed by atoms with Crippen molar-refractivity contribution in [1.29, 1.82) is 0 Å². The molecule has 1 aromatic carbocycles. The van der Waals surface area contributed by atoms with E-state index in [1.54, 1.807) is 12.1 Å². The van der Waals surface area contributed by atoms with E-state index in [1.165, 1.54) is 4.90 Å². The molecule has 4 nitrogen and oxygen atoms in total. The van der Waals surface area contributed by atoms with Crippen LogP contribution in [0.15, 0.2) is 24.3 Å². The lowest BCUT2D eigenvalue weighted by molar-refractivity contribution is 0.0685. The van der Waals surface area contributed by atoms with Crippen molar-refractivity contribution in [3.8, 4) is 0 Å². The van der Waals surface area contributed by atoms with Crippen LogP contribution >= 0.6 is 0 Å². The zero-order chi connectivity index (χ0) is 14.0. The molecule has 1 aromatic rings. The summed E-state index contributed by atoms with van der Waals surface area (Å²) in [5, 5.41) is 17.7. The third-order valence-corrected chi connectivity index (χ3v) is 2.33. The van der Waals surface area contributed by atoms with Gasteiger partial charge in [0.1, 0.15) is 0 Å². The van der Waals surface area contributed by atoms with E-state index in [2.05, 4.69) is 0 Å². The fourth-order valence-electron chi connectivity index (χ4n) is 1.44. The summed E-state index contributed by atoms with van der Waals surface area (Å²) in [7, 11) is 0. The molecule has 2 N–H and O–H groups in total. The minimum absolute atomic E-state index is 0.0996. The maximum Gasteiger partial charge on any atom is 0.254 e. The van der Waals surface area contributed by atoms with Crippen molar-refractivity contribution in [2.24, 2.45) is 0 Å². The van der Waals surface area contributed by atoms with Gasteiger partial charge in [-0.1, -0.05) is 31.5 Å². The first kappa shape index (κ1) is 16.6. The summed E-state index contributed by atoms with van der Waals surface area (Å²) < 4.78 is 0. The van der Waals surface area contributed by atoms with E-state index in [0.717, 1.165) is 5.56 Å². The quantitative estimate of drug-likeness (QED) is 0.835. The molecular formula is C14H23NO3. The maximum absolute atomic E-state index is 11.9. The van der Waals surface area contributed by atoms with Gasteiger partial charge in [-0.15, -0.1) is 0 Å². The highest BCUT2D eigenvalue weighted by Crippen LogP contribution is 2.06. The molecule has 0 bridgehead atoms. The lowest BCUT2D eigenvalue weighted by Crippen LogP contribution is -2.35. The number of nitrogens with zero attached hydrogens (tertiary/aromatic N) is 1. The molecule has 4 heteroatoms. The Labute approximate surface area is 109 Å². The van der Waals surface area contributed by atoms with Crippen LogP contribution in [-0.2, 0) is 0 Å². The Hall–Kier alpha value is -1.39. The molecule has 0 fully saturated rings. The molecule has 0 spiro atoms. The summed E-state index contributed by atoms with van der Waals surface area (Å²) in [6.07, 6.45) is 0. The third kappa shape index (κ3) is 5.29. The van der Waals surface area contributed by atoms with Crippen molar-refractivity contribution < 1.29 is 15.0 Å². The largest absolute Gasteiger partial charge is 0.395 e. The van der Waals surface area contributed by atoms with Crippen LogP contribution in [0.1, 0.15) is 29.8 Å². The topological polar surface area (TPSA) is 60.8 Å².